The van der Waals surface area contributed by atoms with Gasteiger partial charge < -0.3 is 9.47 Å². The quantitative estimate of drug-likeness (QED) is 0.748. The number of halogens is 3. The number of hydrogen-bond acceptors (Lipinski definition) is 3. The molecule has 1 aromatic rings. The number of alkyl halides is 3. The summed E-state index contributed by atoms with van der Waals surface area (Å²) in [6.07, 6.45) is -6.53. The molecule has 0 aliphatic heterocycles. The fourth-order valence-corrected chi connectivity index (χ4v) is 1.44. The Kier molecular flexibility index (Phi) is 5.82. The molecule has 0 aliphatic carbocycles. The highest BCUT2D eigenvalue weighted by Crippen LogP contribution is 2.23. The van der Waals surface area contributed by atoms with Gasteiger partial charge in [-0.3, -0.25) is 0 Å². The zero-order chi connectivity index (χ0) is 14.3. The molecule has 1 unspecified atom stereocenters. The van der Waals surface area contributed by atoms with Gasteiger partial charge in [-0.2, -0.15) is 13.2 Å². The molecule has 0 bridgehead atoms. The summed E-state index contributed by atoms with van der Waals surface area (Å²) in [6.45, 7) is 1.18. The van der Waals surface area contributed by atoms with Gasteiger partial charge >= 0.3 is 12.1 Å². The Bertz CT molecular complexity index is 390. The highest BCUT2D eigenvalue weighted by atomic mass is 19.4. The van der Waals surface area contributed by atoms with Gasteiger partial charge in [0.05, 0.1) is 19.6 Å². The summed E-state index contributed by atoms with van der Waals surface area (Å²) in [5.41, 5.74) is 0.475. The summed E-state index contributed by atoms with van der Waals surface area (Å²) in [6, 6.07) is 8.30. The van der Waals surface area contributed by atoms with Crippen LogP contribution in [0.2, 0.25) is 0 Å². The third-order valence-corrected chi connectivity index (χ3v) is 2.27. The van der Waals surface area contributed by atoms with Crippen molar-refractivity contribution in [1.82, 2.24) is 0 Å². The van der Waals surface area contributed by atoms with Crippen LogP contribution in [0.15, 0.2) is 30.3 Å². The van der Waals surface area contributed by atoms with Gasteiger partial charge in [-0.25, -0.2) is 4.79 Å². The van der Waals surface area contributed by atoms with Crippen LogP contribution in [0, 0.1) is 0 Å². The van der Waals surface area contributed by atoms with Crippen LogP contribution in [0.1, 0.15) is 25.0 Å². The SMILES string of the molecule is CCOC(=O)C(OCCC(F)(F)F)c1ccccc1. The highest BCUT2D eigenvalue weighted by molar-refractivity contribution is 5.76. The molecule has 0 saturated heterocycles. The molecule has 0 saturated carbocycles. The molecule has 106 valence electrons. The molecule has 0 fully saturated rings. The molecular formula is C13H15F3O3. The third-order valence-electron chi connectivity index (χ3n) is 2.27. The van der Waals surface area contributed by atoms with E-state index in [1.54, 1.807) is 37.3 Å². The van der Waals surface area contributed by atoms with E-state index in [4.69, 9.17) is 9.47 Å². The van der Waals surface area contributed by atoms with E-state index in [0.29, 0.717) is 5.56 Å². The van der Waals surface area contributed by atoms with Crippen molar-refractivity contribution < 1.29 is 27.4 Å². The summed E-state index contributed by atoms with van der Waals surface area (Å²) in [5.74, 6) is -0.684. The largest absolute Gasteiger partial charge is 0.464 e. The second-order valence-corrected chi connectivity index (χ2v) is 3.78. The molecule has 3 nitrogen and oxygen atoms in total. The Hall–Kier alpha value is -1.56. The summed E-state index contributed by atoms with van der Waals surface area (Å²) in [7, 11) is 0. The topological polar surface area (TPSA) is 35.5 Å². The Morgan fingerprint density at radius 3 is 2.42 bits per heavy atom. The van der Waals surface area contributed by atoms with Crippen LogP contribution >= 0.6 is 0 Å². The number of carbonyl (C=O) groups is 1. The average Bonchev–Trinajstić information content (AvgIpc) is 2.34. The Morgan fingerprint density at radius 1 is 1.26 bits per heavy atom. The normalized spacial score (nSPS) is 13.1. The van der Waals surface area contributed by atoms with Gasteiger partial charge in [-0.05, 0) is 12.5 Å². The summed E-state index contributed by atoms with van der Waals surface area (Å²) >= 11 is 0. The molecular weight excluding hydrogens is 261 g/mol. The molecule has 0 aliphatic rings. The maximum Gasteiger partial charge on any atom is 0.391 e. The molecule has 0 radical (unpaired) electrons. The second kappa shape index (κ2) is 7.13. The number of ether oxygens (including phenoxy) is 2. The smallest absolute Gasteiger partial charge is 0.391 e. The maximum atomic E-state index is 12.1. The Morgan fingerprint density at radius 2 is 1.89 bits per heavy atom. The summed E-state index contributed by atoms with van der Waals surface area (Å²) < 4.78 is 46.0. The van der Waals surface area contributed by atoms with Gasteiger partial charge in [-0.15, -0.1) is 0 Å². The zero-order valence-electron chi connectivity index (χ0n) is 10.4. The van der Waals surface area contributed by atoms with E-state index >= 15 is 0 Å². The number of carbonyl (C=O) groups excluding carboxylic acids is 1. The molecule has 0 aromatic heterocycles. The molecule has 19 heavy (non-hydrogen) atoms. The monoisotopic (exact) mass is 276 g/mol. The molecule has 1 aromatic carbocycles. The Balaban J connectivity index is 2.68. The summed E-state index contributed by atoms with van der Waals surface area (Å²) in [5, 5.41) is 0. The average molecular weight is 276 g/mol. The lowest BCUT2D eigenvalue weighted by atomic mass is 10.1. The standard InChI is InChI=1S/C13H15F3O3/c1-2-18-12(17)11(10-6-4-3-5-7-10)19-9-8-13(14,15)16/h3-7,11H,2,8-9H2,1H3. The molecule has 0 N–H and O–H groups in total. The van der Waals surface area contributed by atoms with Crippen LogP contribution in [-0.4, -0.2) is 25.4 Å². The highest BCUT2D eigenvalue weighted by Gasteiger charge is 2.29. The van der Waals surface area contributed by atoms with Crippen LogP contribution in [0.25, 0.3) is 0 Å². The first kappa shape index (κ1) is 15.5. The van der Waals surface area contributed by atoms with E-state index in [9.17, 15) is 18.0 Å². The van der Waals surface area contributed by atoms with Gasteiger partial charge in [0.15, 0.2) is 6.10 Å². The fraction of sp³-hybridized carbons (Fsp3) is 0.462. The van der Waals surface area contributed by atoms with Crippen LogP contribution in [0.3, 0.4) is 0 Å². The minimum absolute atomic E-state index is 0.144. The predicted octanol–water partition coefficient (Wildman–Crippen LogP) is 3.26. The lowest BCUT2D eigenvalue weighted by molar-refractivity contribution is -0.168. The van der Waals surface area contributed by atoms with Crippen molar-refractivity contribution in [2.75, 3.05) is 13.2 Å². The lowest BCUT2D eigenvalue weighted by Gasteiger charge is -2.17. The number of benzene rings is 1. The molecule has 6 heteroatoms. The van der Waals surface area contributed by atoms with Crippen molar-refractivity contribution in [1.29, 1.82) is 0 Å². The first-order valence-corrected chi connectivity index (χ1v) is 5.84. The number of hydrogen-bond donors (Lipinski definition) is 0. The lowest BCUT2D eigenvalue weighted by Crippen LogP contribution is -2.21. The fourth-order valence-electron chi connectivity index (χ4n) is 1.44. The van der Waals surface area contributed by atoms with Crippen molar-refractivity contribution in [2.24, 2.45) is 0 Å². The predicted molar refractivity (Wildman–Crippen MR) is 62.4 cm³/mol. The minimum Gasteiger partial charge on any atom is -0.464 e. The molecule has 0 spiro atoms. The third kappa shape index (κ3) is 5.74. The maximum absolute atomic E-state index is 12.1. The van der Waals surface area contributed by atoms with Crippen molar-refractivity contribution in [3.8, 4) is 0 Å². The van der Waals surface area contributed by atoms with Gasteiger partial charge in [-0.1, -0.05) is 30.3 Å². The van der Waals surface area contributed by atoms with Crippen molar-refractivity contribution in [3.05, 3.63) is 35.9 Å². The van der Waals surface area contributed by atoms with E-state index in [2.05, 4.69) is 0 Å². The first-order chi connectivity index (χ1) is 8.94. The van der Waals surface area contributed by atoms with Crippen molar-refractivity contribution in [2.45, 2.75) is 25.6 Å². The van der Waals surface area contributed by atoms with Crippen LogP contribution in [0.4, 0.5) is 13.2 Å². The van der Waals surface area contributed by atoms with E-state index in [-0.39, 0.29) is 6.61 Å². The first-order valence-electron chi connectivity index (χ1n) is 5.84. The second-order valence-electron chi connectivity index (χ2n) is 3.78. The molecule has 0 amide bonds. The summed E-state index contributed by atoms with van der Waals surface area (Å²) in [4.78, 5) is 11.7. The number of rotatable bonds is 6. The van der Waals surface area contributed by atoms with Gasteiger partial charge in [0.25, 0.3) is 0 Å². The van der Waals surface area contributed by atoms with E-state index in [0.717, 1.165) is 0 Å². The van der Waals surface area contributed by atoms with Crippen LogP contribution < -0.4 is 0 Å². The molecule has 1 atom stereocenters. The molecule has 1 rings (SSSR count). The van der Waals surface area contributed by atoms with Crippen molar-refractivity contribution >= 4 is 5.97 Å². The minimum atomic E-state index is -4.31. The zero-order valence-corrected chi connectivity index (χ0v) is 10.4. The van der Waals surface area contributed by atoms with E-state index < -0.39 is 31.3 Å². The van der Waals surface area contributed by atoms with Gasteiger partial charge in [0.1, 0.15) is 0 Å². The van der Waals surface area contributed by atoms with E-state index in [1.807, 2.05) is 0 Å². The van der Waals surface area contributed by atoms with Crippen molar-refractivity contribution in [3.63, 3.8) is 0 Å². The van der Waals surface area contributed by atoms with Crippen LogP contribution in [-0.2, 0) is 14.3 Å². The van der Waals surface area contributed by atoms with Gasteiger partial charge in [0.2, 0.25) is 0 Å². The Labute approximate surface area is 109 Å². The van der Waals surface area contributed by atoms with Crippen LogP contribution in [0.5, 0.6) is 0 Å². The molecule has 0 heterocycles. The number of esters is 1. The van der Waals surface area contributed by atoms with Gasteiger partial charge in [0, 0.05) is 0 Å². The van der Waals surface area contributed by atoms with E-state index in [1.165, 1.54) is 0 Å².